The Morgan fingerprint density at radius 3 is 2.41 bits per heavy atom. The number of hydrazone groups is 1. The Morgan fingerprint density at radius 1 is 1.05 bits per heavy atom. The molecule has 10 heteroatoms. The third-order valence-corrected chi connectivity index (χ3v) is 5.57. The third kappa shape index (κ3) is 6.06. The average molecular weight is 501 g/mol. The molecule has 1 heterocycles. The van der Waals surface area contributed by atoms with E-state index in [1.54, 1.807) is 25.3 Å². The lowest BCUT2D eigenvalue weighted by atomic mass is 10.1. The fourth-order valence-electron chi connectivity index (χ4n) is 3.68. The van der Waals surface area contributed by atoms with Gasteiger partial charge < -0.3 is 25.6 Å². The molecule has 0 aliphatic carbocycles. The number of para-hydroxylation sites is 1. The number of hydrogen-bond acceptors (Lipinski definition) is 8. The first-order valence-corrected chi connectivity index (χ1v) is 11.5. The molecule has 3 aromatic carbocycles. The highest BCUT2D eigenvalue weighted by Crippen LogP contribution is 2.28. The van der Waals surface area contributed by atoms with E-state index in [2.05, 4.69) is 20.9 Å². The number of methoxy groups -OCH3 is 2. The lowest BCUT2D eigenvalue weighted by molar-refractivity contribution is 0.0956. The monoisotopic (exact) mass is 500 g/mol. The zero-order chi connectivity index (χ0) is 26.2. The molecule has 0 fully saturated rings. The van der Waals surface area contributed by atoms with E-state index in [0.29, 0.717) is 22.6 Å². The Kier molecular flexibility index (Phi) is 8.01. The SMILES string of the molecule is COc1ccc(/C=N/NC(=O)c2c(Nc3ccccc3)nn(CC(O)c3ccccc3)c2N)cc1OC. The van der Waals surface area contributed by atoms with Gasteiger partial charge in [0.15, 0.2) is 17.3 Å². The lowest BCUT2D eigenvalue weighted by Crippen LogP contribution is -2.20. The summed E-state index contributed by atoms with van der Waals surface area (Å²) in [5, 5.41) is 22.4. The number of nitrogens with zero attached hydrogens (tertiary/aromatic N) is 3. The van der Waals surface area contributed by atoms with Crippen molar-refractivity contribution in [2.45, 2.75) is 12.6 Å². The van der Waals surface area contributed by atoms with Gasteiger partial charge in [0.2, 0.25) is 0 Å². The largest absolute Gasteiger partial charge is 0.493 e. The highest BCUT2D eigenvalue weighted by molar-refractivity contribution is 6.04. The molecule has 1 unspecified atom stereocenters. The number of nitrogen functional groups attached to an aromatic ring is 1. The Morgan fingerprint density at radius 2 is 1.73 bits per heavy atom. The van der Waals surface area contributed by atoms with Gasteiger partial charge in [0.25, 0.3) is 5.91 Å². The molecule has 0 bridgehead atoms. The Balaban J connectivity index is 1.58. The second-order valence-corrected chi connectivity index (χ2v) is 8.02. The Labute approximate surface area is 214 Å². The van der Waals surface area contributed by atoms with Crippen LogP contribution >= 0.6 is 0 Å². The number of carbonyl (C=O) groups is 1. The van der Waals surface area contributed by atoms with E-state index in [9.17, 15) is 9.90 Å². The molecule has 1 amide bonds. The summed E-state index contributed by atoms with van der Waals surface area (Å²) in [6, 6.07) is 23.7. The molecule has 4 aromatic rings. The number of anilines is 3. The summed E-state index contributed by atoms with van der Waals surface area (Å²) in [7, 11) is 3.09. The van der Waals surface area contributed by atoms with E-state index in [-0.39, 0.29) is 23.7 Å². The number of aromatic nitrogens is 2. The zero-order valence-electron chi connectivity index (χ0n) is 20.5. The summed E-state index contributed by atoms with van der Waals surface area (Å²) < 4.78 is 11.9. The standard InChI is InChI=1S/C27H28N6O4/c1-36-22-14-13-18(15-23(22)37-2)16-29-31-27(35)24-25(28)33(17-21(34)19-9-5-3-6-10-19)32-26(24)30-20-11-7-4-8-12-20/h3-16,21,34H,17,28H2,1-2H3,(H,30,32)(H,31,35)/b29-16+. The van der Waals surface area contributed by atoms with Crippen molar-refractivity contribution < 1.29 is 19.4 Å². The molecular formula is C27H28N6O4. The van der Waals surface area contributed by atoms with Crippen LogP contribution in [-0.4, -0.2) is 41.2 Å². The maximum Gasteiger partial charge on any atom is 0.278 e. The second kappa shape index (κ2) is 11.7. The first-order valence-electron chi connectivity index (χ1n) is 11.5. The van der Waals surface area contributed by atoms with Crippen molar-refractivity contribution in [1.82, 2.24) is 15.2 Å². The molecule has 0 saturated carbocycles. The van der Waals surface area contributed by atoms with Crippen LogP contribution in [0.3, 0.4) is 0 Å². The van der Waals surface area contributed by atoms with Gasteiger partial charge in [0.05, 0.1) is 33.1 Å². The van der Waals surface area contributed by atoms with Crippen LogP contribution in [0, 0.1) is 0 Å². The predicted molar refractivity (Wildman–Crippen MR) is 142 cm³/mol. The van der Waals surface area contributed by atoms with Crippen LogP contribution in [0.25, 0.3) is 0 Å². The normalized spacial score (nSPS) is 11.8. The minimum atomic E-state index is -0.869. The van der Waals surface area contributed by atoms with Crippen LogP contribution in [0.2, 0.25) is 0 Å². The van der Waals surface area contributed by atoms with Gasteiger partial charge in [-0.1, -0.05) is 48.5 Å². The van der Waals surface area contributed by atoms with Crippen molar-refractivity contribution >= 4 is 29.4 Å². The summed E-state index contributed by atoms with van der Waals surface area (Å²) >= 11 is 0. The van der Waals surface area contributed by atoms with E-state index in [1.807, 2.05) is 60.7 Å². The first-order chi connectivity index (χ1) is 18.0. The smallest absolute Gasteiger partial charge is 0.278 e. The van der Waals surface area contributed by atoms with Crippen molar-refractivity contribution in [1.29, 1.82) is 0 Å². The molecule has 0 radical (unpaired) electrons. The van der Waals surface area contributed by atoms with Crippen molar-refractivity contribution in [2.75, 3.05) is 25.3 Å². The maximum absolute atomic E-state index is 13.2. The minimum Gasteiger partial charge on any atom is -0.493 e. The fourth-order valence-corrected chi connectivity index (χ4v) is 3.68. The fraction of sp³-hybridized carbons (Fsp3) is 0.148. The molecule has 1 aromatic heterocycles. The molecule has 37 heavy (non-hydrogen) atoms. The lowest BCUT2D eigenvalue weighted by Gasteiger charge is -2.12. The molecule has 0 aliphatic rings. The Hall–Kier alpha value is -4.83. The van der Waals surface area contributed by atoms with Gasteiger partial charge in [-0.05, 0) is 41.5 Å². The van der Waals surface area contributed by atoms with Crippen molar-refractivity contribution in [2.24, 2.45) is 5.10 Å². The van der Waals surface area contributed by atoms with Gasteiger partial charge in [0.1, 0.15) is 11.4 Å². The van der Waals surface area contributed by atoms with E-state index >= 15 is 0 Å². The average Bonchev–Trinajstić information content (AvgIpc) is 3.23. The quantitative estimate of drug-likeness (QED) is 0.192. The molecule has 0 saturated heterocycles. The summed E-state index contributed by atoms with van der Waals surface area (Å²) in [6.45, 7) is 0.0571. The Bertz CT molecular complexity index is 1370. The van der Waals surface area contributed by atoms with Gasteiger partial charge in [-0.25, -0.2) is 10.1 Å². The number of aliphatic hydroxyl groups is 1. The number of carbonyl (C=O) groups excluding carboxylic acids is 1. The molecule has 1 atom stereocenters. The van der Waals surface area contributed by atoms with Crippen LogP contribution in [0.1, 0.15) is 27.6 Å². The van der Waals surface area contributed by atoms with E-state index in [1.165, 1.54) is 18.0 Å². The van der Waals surface area contributed by atoms with Crippen LogP contribution in [0.5, 0.6) is 11.5 Å². The third-order valence-electron chi connectivity index (χ3n) is 5.57. The topological polar surface area (TPSA) is 136 Å². The van der Waals surface area contributed by atoms with E-state index < -0.39 is 12.0 Å². The number of nitrogens with one attached hydrogen (secondary N) is 2. The number of amides is 1. The number of aliphatic hydroxyl groups excluding tert-OH is 1. The first kappa shape index (κ1) is 25.3. The summed E-state index contributed by atoms with van der Waals surface area (Å²) in [6.07, 6.45) is 0.608. The molecular weight excluding hydrogens is 472 g/mol. The zero-order valence-corrected chi connectivity index (χ0v) is 20.5. The van der Waals surface area contributed by atoms with Crippen LogP contribution in [0.4, 0.5) is 17.3 Å². The number of hydrogen-bond donors (Lipinski definition) is 4. The van der Waals surface area contributed by atoms with Gasteiger partial charge in [0, 0.05) is 5.69 Å². The van der Waals surface area contributed by atoms with Gasteiger partial charge in [-0.3, -0.25) is 4.79 Å². The molecule has 10 nitrogen and oxygen atoms in total. The van der Waals surface area contributed by atoms with Crippen molar-refractivity contribution in [3.05, 3.63) is 95.6 Å². The molecule has 0 spiro atoms. The van der Waals surface area contributed by atoms with Crippen LogP contribution < -0.4 is 25.9 Å². The molecule has 4 rings (SSSR count). The number of ether oxygens (including phenoxy) is 2. The summed E-state index contributed by atoms with van der Waals surface area (Å²) in [5.41, 5.74) is 11.1. The number of rotatable bonds is 10. The highest BCUT2D eigenvalue weighted by atomic mass is 16.5. The molecule has 190 valence electrons. The highest BCUT2D eigenvalue weighted by Gasteiger charge is 2.24. The van der Waals surface area contributed by atoms with E-state index in [4.69, 9.17) is 15.2 Å². The van der Waals surface area contributed by atoms with Crippen LogP contribution in [0.15, 0.2) is 84.0 Å². The molecule has 5 N–H and O–H groups in total. The predicted octanol–water partition coefficient (Wildman–Crippen LogP) is 3.72. The van der Waals surface area contributed by atoms with Gasteiger partial charge in [-0.15, -0.1) is 0 Å². The number of nitrogens with two attached hydrogens (primary N) is 1. The van der Waals surface area contributed by atoms with Crippen molar-refractivity contribution in [3.63, 3.8) is 0 Å². The number of benzene rings is 3. The van der Waals surface area contributed by atoms with Crippen LogP contribution in [-0.2, 0) is 6.54 Å². The van der Waals surface area contributed by atoms with Gasteiger partial charge >= 0.3 is 0 Å². The molecule has 0 aliphatic heterocycles. The summed E-state index contributed by atoms with van der Waals surface area (Å²) in [5.74, 6) is 0.885. The van der Waals surface area contributed by atoms with Crippen molar-refractivity contribution in [3.8, 4) is 11.5 Å². The minimum absolute atomic E-state index is 0.0571. The summed E-state index contributed by atoms with van der Waals surface area (Å²) in [4.78, 5) is 13.2. The van der Waals surface area contributed by atoms with Gasteiger partial charge in [-0.2, -0.15) is 10.2 Å². The maximum atomic E-state index is 13.2. The van der Waals surface area contributed by atoms with E-state index in [0.717, 1.165) is 5.69 Å². The second-order valence-electron chi connectivity index (χ2n) is 8.02.